The molecule has 0 fully saturated rings. The molecule has 0 aliphatic carbocycles. The Labute approximate surface area is 59.7 Å². The van der Waals surface area contributed by atoms with Crippen LogP contribution >= 0.6 is 0 Å². The van der Waals surface area contributed by atoms with Gasteiger partial charge in [0.2, 0.25) is 0 Å². The summed E-state index contributed by atoms with van der Waals surface area (Å²) < 4.78 is 0. The Balaban J connectivity index is 0. The normalized spacial score (nSPS) is 7.00. The van der Waals surface area contributed by atoms with Gasteiger partial charge in [-0.2, -0.15) is 0 Å². The Morgan fingerprint density at radius 1 is 1.60 bits per heavy atom. The van der Waals surface area contributed by atoms with Crippen molar-refractivity contribution in [3.05, 3.63) is 0 Å². The zero-order valence-corrected chi connectivity index (χ0v) is 6.18. The number of nitrogens with two attached hydrogens (primary N) is 2. The molecule has 0 aromatic heterocycles. The van der Waals surface area contributed by atoms with Crippen molar-refractivity contribution in [3.63, 3.8) is 0 Å². The Kier molecular flexibility index (Phi) is 8.92. The van der Waals surface area contributed by atoms with Crippen LogP contribution in [0.25, 0.3) is 0 Å². The molecule has 0 aliphatic rings. The fraction of sp³-hybridized carbons (Fsp3) is 0.600. The molecule has 0 saturated heterocycles. The largest absolute Gasteiger partial charge is 0.550 e. The number of carboxylic acid groups (broad SMARTS) is 1. The lowest BCUT2D eigenvalue weighted by Gasteiger charge is -1.77. The first-order valence-corrected chi connectivity index (χ1v) is 2.80. The number of aliphatic carboxylic acids is 1. The van der Waals surface area contributed by atoms with Crippen LogP contribution in [0.3, 0.4) is 0 Å². The predicted molar refractivity (Wildman–Crippen MR) is 35.6 cm³/mol. The first-order chi connectivity index (χ1) is 4.50. The number of nitrogens with one attached hydrogen (secondary N) is 1. The summed E-state index contributed by atoms with van der Waals surface area (Å²) in [5, 5.41) is 8.89. The van der Waals surface area contributed by atoms with E-state index in [9.17, 15) is 0 Å². The third-order valence-corrected chi connectivity index (χ3v) is 0.381. The maximum Gasteiger partial charge on any atom is 0.338 e. The number of hydrogen-bond donors (Lipinski definition) is 3. The van der Waals surface area contributed by atoms with Gasteiger partial charge in [0.1, 0.15) is 0 Å². The van der Waals surface area contributed by atoms with E-state index in [1.165, 1.54) is 0 Å². The molecule has 0 atom stereocenters. The van der Waals surface area contributed by atoms with Crippen molar-refractivity contribution in [3.8, 4) is 0 Å². The molecule has 0 bridgehead atoms. The molecule has 0 rings (SSSR count). The average molecular weight is 147 g/mol. The van der Waals surface area contributed by atoms with Gasteiger partial charge in [0.15, 0.2) is 0 Å². The lowest BCUT2D eigenvalue weighted by atomic mass is 10.8. The molecule has 10 heavy (non-hydrogen) atoms. The van der Waals surface area contributed by atoms with Crippen LogP contribution in [0.5, 0.6) is 0 Å². The zero-order valence-electron chi connectivity index (χ0n) is 6.18. The second-order valence-corrected chi connectivity index (χ2v) is 1.48. The number of carbonyl (C=O) groups excluding carboxylic acids is 1. The van der Waals surface area contributed by atoms with E-state index in [2.05, 4.69) is 4.99 Å². The molecule has 0 spiro atoms. The molecule has 0 radical (unpaired) electrons. The number of hydrogen-bond acceptors (Lipinski definition) is 2. The minimum atomic E-state index is -1.08. The first-order valence-electron chi connectivity index (χ1n) is 2.80. The third-order valence-electron chi connectivity index (χ3n) is 0.381. The van der Waals surface area contributed by atoms with E-state index in [4.69, 9.17) is 21.4 Å². The van der Waals surface area contributed by atoms with Gasteiger partial charge in [-0.15, -0.1) is 0 Å². The number of rotatable bonds is 1. The molecule has 0 aromatic rings. The minimum absolute atomic E-state index is 0.289. The molecular weight excluding hydrogens is 134 g/mol. The van der Waals surface area contributed by atoms with Gasteiger partial charge in [0.05, 0.1) is 6.54 Å². The second kappa shape index (κ2) is 7.74. The highest BCUT2D eigenvalue weighted by Crippen LogP contribution is 1.31. The first kappa shape index (κ1) is 11.5. The second-order valence-electron chi connectivity index (χ2n) is 1.48. The van der Waals surface area contributed by atoms with Crippen LogP contribution in [-0.2, 0) is 4.79 Å². The summed E-state index contributed by atoms with van der Waals surface area (Å²) in [7, 11) is 0. The molecular formula is C5H13N3O2. The lowest BCUT2D eigenvalue weighted by Crippen LogP contribution is -2.77. The van der Waals surface area contributed by atoms with E-state index in [1.54, 1.807) is 0 Å². The van der Waals surface area contributed by atoms with E-state index in [0.717, 1.165) is 13.5 Å². The molecule has 60 valence electrons. The summed E-state index contributed by atoms with van der Waals surface area (Å²) in [5.41, 5.74) is 9.97. The van der Waals surface area contributed by atoms with Gasteiger partial charge in [-0.25, -0.2) is 0 Å². The number of carboxylic acids is 1. The van der Waals surface area contributed by atoms with Crippen LogP contribution in [0, 0.1) is 0 Å². The molecule has 0 heterocycles. The Bertz CT molecular complexity index is 114. The van der Waals surface area contributed by atoms with Crippen molar-refractivity contribution < 1.29 is 14.9 Å². The maximum atomic E-state index is 8.89. The van der Waals surface area contributed by atoms with Crippen molar-refractivity contribution in [2.45, 2.75) is 13.8 Å². The molecule has 0 aromatic carbocycles. The Hall–Kier alpha value is -1.26. The van der Waals surface area contributed by atoms with Gasteiger partial charge >= 0.3 is 5.96 Å². The molecule has 5 N–H and O–H groups in total. The van der Waals surface area contributed by atoms with E-state index in [-0.39, 0.29) is 5.96 Å². The Morgan fingerprint density at radius 3 is 1.90 bits per heavy atom. The highest BCUT2D eigenvalue weighted by molar-refractivity contribution is 5.69. The van der Waals surface area contributed by atoms with Crippen molar-refractivity contribution in [1.29, 1.82) is 0 Å². The van der Waals surface area contributed by atoms with Crippen LogP contribution in [-0.4, -0.2) is 18.5 Å². The zero-order chi connectivity index (χ0) is 8.57. The van der Waals surface area contributed by atoms with Gasteiger partial charge in [-0.3, -0.25) is 16.5 Å². The van der Waals surface area contributed by atoms with Crippen LogP contribution in [0.4, 0.5) is 0 Å². The van der Waals surface area contributed by atoms with Crippen molar-refractivity contribution >= 4 is 11.9 Å². The van der Waals surface area contributed by atoms with Crippen LogP contribution in [0.1, 0.15) is 13.8 Å². The minimum Gasteiger partial charge on any atom is -0.550 e. The molecule has 0 amide bonds. The van der Waals surface area contributed by atoms with Gasteiger partial charge in [0, 0.05) is 5.97 Å². The standard InChI is InChI=1S/C3H9N3.C2H4O2/c1-2-6-3(4)5;1-2(3)4/h2H2,1H3,(H4,4,5,6);1H3,(H,3,4). The molecule has 0 aliphatic heterocycles. The maximum absolute atomic E-state index is 8.89. The van der Waals surface area contributed by atoms with Crippen molar-refractivity contribution in [2.24, 2.45) is 11.5 Å². The van der Waals surface area contributed by atoms with Crippen LogP contribution in [0.15, 0.2) is 0 Å². The van der Waals surface area contributed by atoms with E-state index in [0.29, 0.717) is 0 Å². The topological polar surface area (TPSA) is 106 Å². The predicted octanol–water partition coefficient (Wildman–Crippen LogP) is -3.88. The van der Waals surface area contributed by atoms with E-state index >= 15 is 0 Å². The van der Waals surface area contributed by atoms with Crippen molar-refractivity contribution in [2.75, 3.05) is 6.54 Å². The summed E-state index contributed by atoms with van der Waals surface area (Å²) in [6.45, 7) is 3.70. The molecule has 0 saturated carbocycles. The Morgan fingerprint density at radius 2 is 1.90 bits per heavy atom. The third kappa shape index (κ3) is 73.3. The number of guanidine groups is 1. The van der Waals surface area contributed by atoms with Crippen LogP contribution < -0.4 is 21.6 Å². The highest BCUT2D eigenvalue weighted by Gasteiger charge is 1.76. The SMILES string of the molecule is CC(=O)[O-].CC[NH+]=C(N)N. The van der Waals surface area contributed by atoms with Gasteiger partial charge < -0.3 is 9.90 Å². The van der Waals surface area contributed by atoms with E-state index in [1.807, 2.05) is 6.92 Å². The summed E-state index contributed by atoms with van der Waals surface area (Å²) in [6.07, 6.45) is 0. The van der Waals surface area contributed by atoms with Crippen molar-refractivity contribution in [1.82, 2.24) is 0 Å². The van der Waals surface area contributed by atoms with Gasteiger partial charge in [-0.1, -0.05) is 0 Å². The summed E-state index contributed by atoms with van der Waals surface area (Å²) in [6, 6.07) is 0. The molecule has 5 heteroatoms. The quantitative estimate of drug-likeness (QED) is 0.260. The highest BCUT2D eigenvalue weighted by atomic mass is 16.4. The molecule has 5 nitrogen and oxygen atoms in total. The van der Waals surface area contributed by atoms with Gasteiger partial charge in [-0.05, 0) is 13.8 Å². The molecule has 0 unspecified atom stereocenters. The fourth-order valence-electron chi connectivity index (χ4n) is 0.204. The summed E-state index contributed by atoms with van der Waals surface area (Å²) in [5.74, 6) is -0.794. The summed E-state index contributed by atoms with van der Waals surface area (Å²) >= 11 is 0. The number of carbonyl (C=O) groups is 1. The van der Waals surface area contributed by atoms with E-state index < -0.39 is 5.97 Å². The lowest BCUT2D eigenvalue weighted by molar-refractivity contribution is -0.454. The fourth-order valence-corrected chi connectivity index (χ4v) is 0.204. The van der Waals surface area contributed by atoms with Gasteiger partial charge in [0.25, 0.3) is 0 Å². The average Bonchev–Trinajstić information content (AvgIpc) is 1.62. The summed E-state index contributed by atoms with van der Waals surface area (Å²) in [4.78, 5) is 11.6. The monoisotopic (exact) mass is 147 g/mol. The van der Waals surface area contributed by atoms with Crippen LogP contribution in [0.2, 0.25) is 0 Å². The smallest absolute Gasteiger partial charge is 0.338 e.